The molecule has 0 bridgehead atoms. The fourth-order valence-corrected chi connectivity index (χ4v) is 3.31. The molecule has 0 saturated carbocycles. The largest absolute Gasteiger partial charge is 0.349 e. The van der Waals surface area contributed by atoms with Crippen LogP contribution in [-0.2, 0) is 10.0 Å². The first-order chi connectivity index (χ1) is 9.68. The number of hydrogen-bond acceptors (Lipinski definition) is 3. The first kappa shape index (κ1) is 18.2. The maximum absolute atomic E-state index is 12.2. The summed E-state index contributed by atoms with van der Waals surface area (Å²) in [4.78, 5) is 11.9. The van der Waals surface area contributed by atoms with Crippen LogP contribution in [0.5, 0.6) is 0 Å². The molecule has 0 heterocycles. The van der Waals surface area contributed by atoms with Crippen molar-refractivity contribution in [1.82, 2.24) is 5.32 Å². The van der Waals surface area contributed by atoms with Gasteiger partial charge in [0, 0.05) is 6.04 Å². The lowest BCUT2D eigenvalue weighted by atomic mass is 10.1. The molecule has 1 atom stereocenters. The highest BCUT2D eigenvalue weighted by molar-refractivity contribution is 7.89. The summed E-state index contributed by atoms with van der Waals surface area (Å²) in [5, 5.41) is 7.62. The van der Waals surface area contributed by atoms with E-state index < -0.39 is 15.9 Å². The molecule has 1 rings (SSSR count). The van der Waals surface area contributed by atoms with Crippen molar-refractivity contribution in [3.8, 4) is 0 Å². The fourth-order valence-electron chi connectivity index (χ4n) is 1.84. The van der Waals surface area contributed by atoms with Crippen LogP contribution in [0.25, 0.3) is 0 Å². The number of primary sulfonamides is 1. The minimum Gasteiger partial charge on any atom is -0.349 e. The Labute approximate surface area is 134 Å². The molecule has 1 amide bonds. The van der Waals surface area contributed by atoms with Gasteiger partial charge in [-0.05, 0) is 25.5 Å². The summed E-state index contributed by atoms with van der Waals surface area (Å²) in [6.45, 7) is 3.91. The quantitative estimate of drug-likeness (QED) is 0.824. The Balaban J connectivity index is 3.10. The van der Waals surface area contributed by atoms with E-state index >= 15 is 0 Å². The number of benzene rings is 1. The molecular formula is C13H18Cl2N2O3S. The van der Waals surface area contributed by atoms with Crippen molar-refractivity contribution in [3.05, 3.63) is 27.7 Å². The van der Waals surface area contributed by atoms with E-state index in [1.165, 1.54) is 12.1 Å². The van der Waals surface area contributed by atoms with Crippen LogP contribution < -0.4 is 10.5 Å². The molecule has 0 aromatic heterocycles. The molecule has 8 heteroatoms. The molecule has 0 aliphatic heterocycles. The highest BCUT2D eigenvalue weighted by atomic mass is 35.5. The van der Waals surface area contributed by atoms with Gasteiger partial charge in [0.05, 0.1) is 15.6 Å². The van der Waals surface area contributed by atoms with Gasteiger partial charge in [0.2, 0.25) is 10.0 Å². The van der Waals surface area contributed by atoms with E-state index in [2.05, 4.69) is 12.2 Å². The molecular weight excluding hydrogens is 335 g/mol. The molecule has 0 fully saturated rings. The minimum absolute atomic E-state index is 0.0669. The molecule has 0 aliphatic rings. The number of halogens is 2. The van der Waals surface area contributed by atoms with Gasteiger partial charge in [0.1, 0.15) is 4.90 Å². The van der Waals surface area contributed by atoms with Gasteiger partial charge in [-0.25, -0.2) is 13.6 Å². The van der Waals surface area contributed by atoms with E-state index in [9.17, 15) is 13.2 Å². The zero-order valence-electron chi connectivity index (χ0n) is 11.8. The van der Waals surface area contributed by atoms with E-state index in [0.29, 0.717) is 0 Å². The summed E-state index contributed by atoms with van der Waals surface area (Å²) in [7, 11) is -4.02. The number of sulfonamides is 1. The Morgan fingerprint density at radius 2 is 2.00 bits per heavy atom. The molecule has 0 aliphatic carbocycles. The second-order valence-corrected chi connectivity index (χ2v) is 7.11. The molecule has 0 spiro atoms. The van der Waals surface area contributed by atoms with E-state index in [4.69, 9.17) is 28.3 Å². The summed E-state index contributed by atoms with van der Waals surface area (Å²) >= 11 is 11.9. The number of rotatable bonds is 6. The number of unbranched alkanes of at least 4 members (excludes halogenated alkanes) is 1. The number of carbonyl (C=O) groups excluding carboxylic acids is 1. The third-order valence-electron chi connectivity index (χ3n) is 2.96. The molecule has 0 saturated heterocycles. The molecule has 5 nitrogen and oxygen atoms in total. The topological polar surface area (TPSA) is 89.3 Å². The summed E-state index contributed by atoms with van der Waals surface area (Å²) in [5.41, 5.74) is -0.0757. The van der Waals surface area contributed by atoms with Crippen molar-refractivity contribution in [2.24, 2.45) is 5.14 Å². The molecule has 1 aromatic rings. The van der Waals surface area contributed by atoms with Crippen LogP contribution in [0.15, 0.2) is 17.0 Å². The zero-order chi connectivity index (χ0) is 16.2. The molecule has 118 valence electrons. The van der Waals surface area contributed by atoms with Gasteiger partial charge in [-0.1, -0.05) is 43.0 Å². The summed E-state index contributed by atoms with van der Waals surface area (Å²) < 4.78 is 22.8. The Bertz CT molecular complexity index is 633. The molecule has 0 radical (unpaired) electrons. The van der Waals surface area contributed by atoms with Crippen molar-refractivity contribution in [2.75, 3.05) is 0 Å². The first-order valence-corrected chi connectivity index (χ1v) is 8.80. The van der Waals surface area contributed by atoms with Crippen LogP contribution in [-0.4, -0.2) is 20.4 Å². The Morgan fingerprint density at radius 3 is 2.52 bits per heavy atom. The summed E-state index contributed by atoms with van der Waals surface area (Å²) in [6, 6.07) is 2.40. The normalized spacial score (nSPS) is 13.0. The van der Waals surface area contributed by atoms with Crippen LogP contribution in [0.2, 0.25) is 10.0 Å². The van der Waals surface area contributed by atoms with Crippen LogP contribution in [0.3, 0.4) is 0 Å². The number of amides is 1. The zero-order valence-corrected chi connectivity index (χ0v) is 14.1. The van der Waals surface area contributed by atoms with Gasteiger partial charge in [-0.3, -0.25) is 4.79 Å². The lowest BCUT2D eigenvalue weighted by molar-refractivity contribution is 0.0938. The highest BCUT2D eigenvalue weighted by Crippen LogP contribution is 2.30. The van der Waals surface area contributed by atoms with Crippen molar-refractivity contribution in [3.63, 3.8) is 0 Å². The van der Waals surface area contributed by atoms with Crippen LogP contribution in [0.4, 0.5) is 0 Å². The van der Waals surface area contributed by atoms with E-state index in [1.807, 2.05) is 6.92 Å². The maximum atomic E-state index is 12.2. The van der Waals surface area contributed by atoms with Gasteiger partial charge in [-0.15, -0.1) is 0 Å². The van der Waals surface area contributed by atoms with Gasteiger partial charge < -0.3 is 5.32 Å². The average molecular weight is 353 g/mol. The standard InChI is InChI=1S/C13H18Cl2N2O3S/c1-3-4-5-8(2)17-13(18)11-9(14)6-7-10(12(11)15)21(16,19)20/h6-8H,3-5H2,1-2H3,(H,17,18)(H2,16,19,20). The average Bonchev–Trinajstić information content (AvgIpc) is 2.34. The summed E-state index contributed by atoms with van der Waals surface area (Å²) in [6.07, 6.45) is 2.80. The van der Waals surface area contributed by atoms with E-state index in [1.54, 1.807) is 0 Å². The SMILES string of the molecule is CCCCC(C)NC(=O)c1c(Cl)ccc(S(N)(=O)=O)c1Cl. The smallest absolute Gasteiger partial charge is 0.254 e. The van der Waals surface area contributed by atoms with Crippen LogP contribution in [0, 0.1) is 0 Å². The number of nitrogens with one attached hydrogen (secondary N) is 1. The van der Waals surface area contributed by atoms with Gasteiger partial charge in [0.25, 0.3) is 5.91 Å². The number of hydrogen-bond donors (Lipinski definition) is 2. The molecule has 1 aromatic carbocycles. The van der Waals surface area contributed by atoms with Crippen molar-refractivity contribution in [1.29, 1.82) is 0 Å². The predicted molar refractivity (Wildman–Crippen MR) is 84.3 cm³/mol. The Kier molecular flexibility index (Phi) is 6.46. The van der Waals surface area contributed by atoms with Crippen LogP contribution in [0.1, 0.15) is 43.5 Å². The maximum Gasteiger partial charge on any atom is 0.254 e. The molecule has 3 N–H and O–H groups in total. The van der Waals surface area contributed by atoms with E-state index in [0.717, 1.165) is 19.3 Å². The third kappa shape index (κ3) is 4.85. The lowest BCUT2D eigenvalue weighted by Gasteiger charge is -2.15. The van der Waals surface area contributed by atoms with E-state index in [-0.39, 0.29) is 26.5 Å². The highest BCUT2D eigenvalue weighted by Gasteiger charge is 2.23. The van der Waals surface area contributed by atoms with Crippen molar-refractivity contribution < 1.29 is 13.2 Å². The second kappa shape index (κ2) is 7.45. The monoisotopic (exact) mass is 352 g/mol. The third-order valence-corrected chi connectivity index (χ3v) is 4.73. The molecule has 1 unspecified atom stereocenters. The van der Waals surface area contributed by atoms with Gasteiger partial charge >= 0.3 is 0 Å². The second-order valence-electron chi connectivity index (χ2n) is 4.80. The summed E-state index contributed by atoms with van der Waals surface area (Å²) in [5.74, 6) is -0.515. The predicted octanol–water partition coefficient (Wildman–Crippen LogP) is 2.95. The molecule has 21 heavy (non-hydrogen) atoms. The fraction of sp³-hybridized carbons (Fsp3) is 0.462. The minimum atomic E-state index is -4.02. The van der Waals surface area contributed by atoms with Crippen molar-refractivity contribution >= 4 is 39.1 Å². The number of nitrogens with two attached hydrogens (primary N) is 1. The van der Waals surface area contributed by atoms with Crippen molar-refractivity contribution in [2.45, 2.75) is 44.0 Å². The van der Waals surface area contributed by atoms with Gasteiger partial charge in [-0.2, -0.15) is 0 Å². The van der Waals surface area contributed by atoms with Gasteiger partial charge in [0.15, 0.2) is 0 Å². The lowest BCUT2D eigenvalue weighted by Crippen LogP contribution is -2.33. The Morgan fingerprint density at radius 1 is 1.38 bits per heavy atom. The number of carbonyl (C=O) groups is 1. The first-order valence-electron chi connectivity index (χ1n) is 6.50. The van der Waals surface area contributed by atoms with Crippen LogP contribution >= 0.6 is 23.2 Å². The Hall–Kier alpha value is -0.820.